The minimum atomic E-state index is -1.01. The lowest BCUT2D eigenvalue weighted by atomic mass is 9.74. The molecule has 2 aliphatic heterocycles. The van der Waals surface area contributed by atoms with E-state index in [0.717, 1.165) is 39.0 Å². The average molecular weight is 303 g/mol. The highest BCUT2D eigenvalue weighted by Crippen LogP contribution is 2.45. The summed E-state index contributed by atoms with van der Waals surface area (Å²) in [5.74, 6) is -1.08. The second-order valence-electron chi connectivity index (χ2n) is 6.29. The van der Waals surface area contributed by atoms with Crippen LogP contribution in [0.1, 0.15) is 46.9 Å². The molecule has 1 atom stereocenters. The second kappa shape index (κ2) is 5.72. The van der Waals surface area contributed by atoms with Gasteiger partial charge in [-0.1, -0.05) is 6.07 Å². The van der Waals surface area contributed by atoms with Crippen molar-refractivity contribution in [3.63, 3.8) is 0 Å². The molecule has 2 fully saturated rings. The van der Waals surface area contributed by atoms with E-state index in [1.165, 1.54) is 12.1 Å². The van der Waals surface area contributed by atoms with Crippen molar-refractivity contribution in [2.75, 3.05) is 19.8 Å². The number of carboxylic acids is 1. The Kier molecular flexibility index (Phi) is 3.91. The maximum Gasteiger partial charge on any atom is 0.335 e. The van der Waals surface area contributed by atoms with Gasteiger partial charge in [-0.15, -0.1) is 0 Å². The van der Waals surface area contributed by atoms with Gasteiger partial charge in [-0.3, -0.25) is 4.79 Å². The van der Waals surface area contributed by atoms with Gasteiger partial charge in [0, 0.05) is 31.4 Å². The third kappa shape index (κ3) is 2.50. The van der Waals surface area contributed by atoms with E-state index in [1.54, 1.807) is 12.1 Å². The van der Waals surface area contributed by atoms with Crippen LogP contribution in [0.25, 0.3) is 0 Å². The first-order valence-electron chi connectivity index (χ1n) is 7.76. The fourth-order valence-electron chi connectivity index (χ4n) is 3.75. The van der Waals surface area contributed by atoms with E-state index in [-0.39, 0.29) is 22.9 Å². The number of ether oxygens (including phenoxy) is 1. The van der Waals surface area contributed by atoms with E-state index in [0.29, 0.717) is 5.56 Å². The van der Waals surface area contributed by atoms with Gasteiger partial charge in [0.25, 0.3) is 5.91 Å². The summed E-state index contributed by atoms with van der Waals surface area (Å²) in [6.07, 6.45) is 2.99. The van der Waals surface area contributed by atoms with Crippen molar-refractivity contribution in [3.8, 4) is 0 Å². The first kappa shape index (κ1) is 15.0. The third-order valence-electron chi connectivity index (χ3n) is 5.31. The molecule has 0 aromatic heterocycles. The lowest BCUT2D eigenvalue weighted by Gasteiger charge is -2.38. The molecule has 2 heterocycles. The van der Waals surface area contributed by atoms with E-state index in [4.69, 9.17) is 9.84 Å². The van der Waals surface area contributed by atoms with Crippen molar-refractivity contribution in [3.05, 3.63) is 35.4 Å². The molecule has 0 aliphatic carbocycles. The molecule has 2 saturated heterocycles. The summed E-state index contributed by atoms with van der Waals surface area (Å²) in [6.45, 7) is 4.37. The Morgan fingerprint density at radius 3 is 2.59 bits per heavy atom. The van der Waals surface area contributed by atoms with Crippen LogP contribution in [0.3, 0.4) is 0 Å². The number of amides is 1. The van der Waals surface area contributed by atoms with Crippen LogP contribution in [0.5, 0.6) is 0 Å². The smallest absolute Gasteiger partial charge is 0.335 e. The van der Waals surface area contributed by atoms with E-state index in [2.05, 4.69) is 6.92 Å². The molecule has 5 heteroatoms. The van der Waals surface area contributed by atoms with Crippen LogP contribution in [0.4, 0.5) is 0 Å². The van der Waals surface area contributed by atoms with Crippen molar-refractivity contribution in [1.29, 1.82) is 0 Å². The summed E-state index contributed by atoms with van der Waals surface area (Å²) in [5.41, 5.74) is 0.771. The van der Waals surface area contributed by atoms with Gasteiger partial charge in [0.2, 0.25) is 0 Å². The molecule has 2 aliphatic rings. The largest absolute Gasteiger partial charge is 0.478 e. The molecular formula is C17H21NO4. The standard InChI is InChI=1S/C17H21NO4/c1-12-17(6-9-22-10-7-17)5-8-18(12)15(19)13-3-2-4-14(11-13)16(20)21/h2-4,11-12H,5-10H2,1H3,(H,20,21). The summed E-state index contributed by atoms with van der Waals surface area (Å²) in [7, 11) is 0. The highest BCUT2D eigenvalue weighted by Gasteiger charge is 2.47. The molecule has 1 spiro atoms. The second-order valence-corrected chi connectivity index (χ2v) is 6.29. The molecule has 0 saturated carbocycles. The lowest BCUT2D eigenvalue weighted by Crippen LogP contribution is -2.43. The third-order valence-corrected chi connectivity index (χ3v) is 5.31. The van der Waals surface area contributed by atoms with Crippen LogP contribution in [0.15, 0.2) is 24.3 Å². The van der Waals surface area contributed by atoms with Crippen LogP contribution in [-0.4, -0.2) is 47.7 Å². The monoisotopic (exact) mass is 303 g/mol. The summed E-state index contributed by atoms with van der Waals surface area (Å²) in [5, 5.41) is 9.07. The molecule has 1 unspecified atom stereocenters. The Hall–Kier alpha value is -1.88. The number of carbonyl (C=O) groups is 2. The number of carbonyl (C=O) groups excluding carboxylic acids is 1. The summed E-state index contributed by atoms with van der Waals surface area (Å²) in [4.78, 5) is 25.7. The number of hydrogen-bond donors (Lipinski definition) is 1. The zero-order chi connectivity index (χ0) is 15.7. The number of rotatable bonds is 2. The van der Waals surface area contributed by atoms with Crippen molar-refractivity contribution < 1.29 is 19.4 Å². The van der Waals surface area contributed by atoms with Crippen LogP contribution in [0, 0.1) is 5.41 Å². The van der Waals surface area contributed by atoms with Crippen LogP contribution < -0.4 is 0 Å². The molecule has 0 bridgehead atoms. The summed E-state index contributed by atoms with van der Waals surface area (Å²) in [6, 6.07) is 6.45. The average Bonchev–Trinajstić information content (AvgIpc) is 2.84. The van der Waals surface area contributed by atoms with Crippen LogP contribution in [0.2, 0.25) is 0 Å². The topological polar surface area (TPSA) is 66.8 Å². The van der Waals surface area contributed by atoms with Gasteiger partial charge in [-0.05, 0) is 49.8 Å². The molecule has 118 valence electrons. The zero-order valence-corrected chi connectivity index (χ0v) is 12.7. The zero-order valence-electron chi connectivity index (χ0n) is 12.7. The Balaban J connectivity index is 1.81. The van der Waals surface area contributed by atoms with Gasteiger partial charge in [0.15, 0.2) is 0 Å². The van der Waals surface area contributed by atoms with Gasteiger partial charge in [0.1, 0.15) is 0 Å². The molecule has 1 aromatic carbocycles. The van der Waals surface area contributed by atoms with E-state index >= 15 is 0 Å². The minimum Gasteiger partial charge on any atom is -0.478 e. The van der Waals surface area contributed by atoms with Crippen molar-refractivity contribution in [2.45, 2.75) is 32.2 Å². The maximum absolute atomic E-state index is 12.8. The predicted octanol–water partition coefficient (Wildman–Crippen LogP) is 2.42. The molecule has 1 N–H and O–H groups in total. The number of aromatic carboxylic acids is 1. The number of hydrogen-bond acceptors (Lipinski definition) is 3. The van der Waals surface area contributed by atoms with E-state index < -0.39 is 5.97 Å². The maximum atomic E-state index is 12.8. The van der Waals surface area contributed by atoms with Gasteiger partial charge >= 0.3 is 5.97 Å². The number of nitrogens with zero attached hydrogens (tertiary/aromatic N) is 1. The molecule has 22 heavy (non-hydrogen) atoms. The van der Waals surface area contributed by atoms with Gasteiger partial charge in [0.05, 0.1) is 5.56 Å². The number of carboxylic acid groups (broad SMARTS) is 1. The Morgan fingerprint density at radius 2 is 1.91 bits per heavy atom. The molecule has 1 amide bonds. The molecule has 3 rings (SSSR count). The number of likely N-dealkylation sites (tertiary alicyclic amines) is 1. The van der Waals surface area contributed by atoms with Gasteiger partial charge < -0.3 is 14.7 Å². The molecule has 5 nitrogen and oxygen atoms in total. The van der Waals surface area contributed by atoms with Crippen molar-refractivity contribution >= 4 is 11.9 Å². The first-order valence-corrected chi connectivity index (χ1v) is 7.76. The highest BCUT2D eigenvalue weighted by molar-refractivity contribution is 5.97. The predicted molar refractivity (Wildman–Crippen MR) is 81.0 cm³/mol. The number of benzene rings is 1. The summed E-state index contributed by atoms with van der Waals surface area (Å²) < 4.78 is 5.46. The van der Waals surface area contributed by atoms with Gasteiger partial charge in [-0.2, -0.15) is 0 Å². The van der Waals surface area contributed by atoms with E-state index in [1.807, 2.05) is 4.90 Å². The van der Waals surface area contributed by atoms with E-state index in [9.17, 15) is 9.59 Å². The Morgan fingerprint density at radius 1 is 1.23 bits per heavy atom. The van der Waals surface area contributed by atoms with Gasteiger partial charge in [-0.25, -0.2) is 4.79 Å². The lowest BCUT2D eigenvalue weighted by molar-refractivity contribution is 0.000171. The molecule has 1 aromatic rings. The molecule has 0 radical (unpaired) electrons. The van der Waals surface area contributed by atoms with Crippen molar-refractivity contribution in [1.82, 2.24) is 4.90 Å². The quantitative estimate of drug-likeness (QED) is 0.911. The normalized spacial score (nSPS) is 23.7. The fourth-order valence-corrected chi connectivity index (χ4v) is 3.75. The first-order chi connectivity index (χ1) is 10.5. The van der Waals surface area contributed by atoms with Crippen LogP contribution in [-0.2, 0) is 4.74 Å². The SMILES string of the molecule is CC1N(C(=O)c2cccc(C(=O)O)c2)CCC12CCOCC2. The highest BCUT2D eigenvalue weighted by atomic mass is 16.5. The van der Waals surface area contributed by atoms with Crippen molar-refractivity contribution in [2.24, 2.45) is 5.41 Å². The Bertz CT molecular complexity index is 592. The van der Waals surface area contributed by atoms with Crippen LogP contribution >= 0.6 is 0 Å². The Labute approximate surface area is 129 Å². The fraction of sp³-hybridized carbons (Fsp3) is 0.529. The minimum absolute atomic E-state index is 0.0704. The summed E-state index contributed by atoms with van der Waals surface area (Å²) >= 11 is 0. The molecular weight excluding hydrogens is 282 g/mol.